The summed E-state index contributed by atoms with van der Waals surface area (Å²) in [4.78, 5) is 72.2. The predicted molar refractivity (Wildman–Crippen MR) is 135 cm³/mol. The number of allylic oxidation sites excluding steroid dienone is 2. The Bertz CT molecular complexity index is 1260. The van der Waals surface area contributed by atoms with Crippen LogP contribution in [0.2, 0.25) is 0 Å². The average Bonchev–Trinajstić information content (AvgIpc) is 3.28. The highest BCUT2D eigenvalue weighted by Crippen LogP contribution is 2.43. The zero-order valence-electron chi connectivity index (χ0n) is 21.0. The van der Waals surface area contributed by atoms with Gasteiger partial charge in [0.05, 0.1) is 0 Å². The number of nitrogen functional groups attached to an aromatic ring is 1. The second-order valence-electron chi connectivity index (χ2n) is 7.71. The number of nitrogens with one attached hydrogen (secondary N) is 1. The Hall–Kier alpha value is -3.92. The van der Waals surface area contributed by atoms with Gasteiger partial charge in [-0.15, -0.1) is 23.1 Å². The van der Waals surface area contributed by atoms with E-state index >= 15 is 0 Å². The standard InChI is InChI=1S/C22H25N5O9S2/c1-6-14(35-10(3)29)12-7-37-20-16(25-18(30)15(26-33-5)13-8-38-22(23)24-13)19(31)27(20)17(12)21(32)36-11(4)34-9(2)28/h6,8,11,16,20H,7H2,1-5H3,(H2,23,24)(H,25,30)/b14-6-,26-15-/t11?,16-,20-/m1/s1. The molecule has 3 atom stereocenters. The van der Waals surface area contributed by atoms with Gasteiger partial charge in [0.25, 0.3) is 11.8 Å². The lowest BCUT2D eigenvalue weighted by atomic mass is 10.0. The minimum absolute atomic E-state index is 0.0615. The smallest absolute Gasteiger partial charge is 0.358 e. The number of carbonyl (C=O) groups excluding carboxylic acids is 5. The minimum atomic E-state index is -1.25. The molecule has 1 aromatic rings. The number of rotatable bonds is 9. The summed E-state index contributed by atoms with van der Waals surface area (Å²) < 4.78 is 15.3. The zero-order chi connectivity index (χ0) is 28.1. The third kappa shape index (κ3) is 6.13. The average molecular weight is 568 g/mol. The first-order valence-corrected chi connectivity index (χ1v) is 13.0. The van der Waals surface area contributed by atoms with Crippen molar-refractivity contribution in [2.75, 3.05) is 18.6 Å². The van der Waals surface area contributed by atoms with Crippen LogP contribution in [0.15, 0.2) is 33.6 Å². The molecule has 16 heteroatoms. The highest BCUT2D eigenvalue weighted by Gasteiger charge is 2.55. The van der Waals surface area contributed by atoms with Crippen molar-refractivity contribution in [2.45, 2.75) is 45.4 Å². The summed E-state index contributed by atoms with van der Waals surface area (Å²) in [5, 5.41) is 7.31. The fraction of sp³-hybridized carbons (Fsp3) is 0.409. The van der Waals surface area contributed by atoms with Crippen LogP contribution in [0.5, 0.6) is 0 Å². The number of thiazole rings is 1. The third-order valence-corrected chi connectivity index (χ3v) is 6.98. The van der Waals surface area contributed by atoms with Gasteiger partial charge in [-0.05, 0) is 13.0 Å². The molecule has 204 valence electrons. The Morgan fingerprint density at radius 3 is 2.53 bits per heavy atom. The molecule has 2 amide bonds. The quantitative estimate of drug-likeness (QED) is 0.106. The van der Waals surface area contributed by atoms with E-state index in [-0.39, 0.29) is 39.3 Å². The number of amides is 2. The van der Waals surface area contributed by atoms with Crippen molar-refractivity contribution >= 4 is 63.7 Å². The van der Waals surface area contributed by atoms with Crippen molar-refractivity contribution in [3.63, 3.8) is 0 Å². The van der Waals surface area contributed by atoms with Gasteiger partial charge >= 0.3 is 17.9 Å². The van der Waals surface area contributed by atoms with Gasteiger partial charge in [-0.1, -0.05) is 5.16 Å². The first-order valence-electron chi connectivity index (χ1n) is 11.0. The van der Waals surface area contributed by atoms with E-state index in [9.17, 15) is 24.0 Å². The second-order valence-corrected chi connectivity index (χ2v) is 9.71. The van der Waals surface area contributed by atoms with Gasteiger partial charge in [0, 0.05) is 37.5 Å². The number of anilines is 1. The number of fused-ring (bicyclic) bond motifs is 1. The maximum atomic E-state index is 13.2. The van der Waals surface area contributed by atoms with Crippen LogP contribution in [0.4, 0.5) is 5.13 Å². The first kappa shape index (κ1) is 28.6. The molecule has 2 aliphatic heterocycles. The topological polar surface area (TPSA) is 189 Å². The van der Waals surface area contributed by atoms with E-state index in [1.807, 2.05) is 0 Å². The molecule has 0 spiro atoms. The highest BCUT2D eigenvalue weighted by atomic mass is 32.2. The molecule has 3 heterocycles. The zero-order valence-corrected chi connectivity index (χ0v) is 22.6. The van der Waals surface area contributed by atoms with Crippen LogP contribution in [0, 0.1) is 0 Å². The summed E-state index contributed by atoms with van der Waals surface area (Å²) in [5.74, 6) is -3.48. The molecule has 0 radical (unpaired) electrons. The molecular formula is C22H25N5O9S2. The summed E-state index contributed by atoms with van der Waals surface area (Å²) in [5.41, 5.74) is 5.65. The summed E-state index contributed by atoms with van der Waals surface area (Å²) in [6.07, 6.45) is 0.214. The predicted octanol–water partition coefficient (Wildman–Crippen LogP) is 0.649. The Morgan fingerprint density at radius 1 is 1.26 bits per heavy atom. The van der Waals surface area contributed by atoms with Gasteiger partial charge in [0.2, 0.25) is 6.29 Å². The van der Waals surface area contributed by atoms with Crippen LogP contribution in [0.1, 0.15) is 33.4 Å². The van der Waals surface area contributed by atoms with Gasteiger partial charge in [0.15, 0.2) is 10.8 Å². The number of nitrogens with zero attached hydrogens (tertiary/aromatic N) is 3. The molecule has 14 nitrogen and oxygen atoms in total. The van der Waals surface area contributed by atoms with Crippen molar-refractivity contribution in [3.8, 4) is 0 Å². The van der Waals surface area contributed by atoms with Crippen LogP contribution < -0.4 is 11.1 Å². The fourth-order valence-corrected chi connectivity index (χ4v) is 5.51. The van der Waals surface area contributed by atoms with Gasteiger partial charge in [-0.3, -0.25) is 24.1 Å². The first-order chi connectivity index (χ1) is 18.0. The van der Waals surface area contributed by atoms with Crippen LogP contribution in [-0.2, 0) is 43.0 Å². The molecule has 0 bridgehead atoms. The summed E-state index contributed by atoms with van der Waals surface area (Å²) in [6.45, 7) is 5.27. The molecule has 1 aromatic heterocycles. The Morgan fingerprint density at radius 2 is 1.97 bits per heavy atom. The second kappa shape index (κ2) is 12.1. The van der Waals surface area contributed by atoms with Crippen molar-refractivity contribution < 1.29 is 43.0 Å². The van der Waals surface area contributed by atoms with Gasteiger partial charge < -0.3 is 30.1 Å². The lowest BCUT2D eigenvalue weighted by Crippen LogP contribution is -2.71. The molecule has 3 rings (SSSR count). The Balaban J connectivity index is 1.90. The number of oxime groups is 1. The van der Waals surface area contributed by atoms with E-state index in [4.69, 9.17) is 24.8 Å². The summed E-state index contributed by atoms with van der Waals surface area (Å²) in [7, 11) is 1.25. The lowest BCUT2D eigenvalue weighted by molar-refractivity contribution is -0.182. The number of esters is 3. The number of thioether (sulfide) groups is 1. The monoisotopic (exact) mass is 567 g/mol. The maximum Gasteiger partial charge on any atom is 0.358 e. The molecular weight excluding hydrogens is 542 g/mol. The number of hydrogen-bond acceptors (Lipinski definition) is 14. The Labute approximate surface area is 225 Å². The van der Waals surface area contributed by atoms with Crippen LogP contribution in [0.25, 0.3) is 0 Å². The van der Waals surface area contributed by atoms with E-state index in [0.717, 1.165) is 23.2 Å². The molecule has 0 saturated carbocycles. The molecule has 1 saturated heterocycles. The normalized spacial score (nSPS) is 20.1. The number of nitrogens with two attached hydrogens (primary N) is 1. The minimum Gasteiger partial charge on any atom is -0.427 e. The van der Waals surface area contributed by atoms with Crippen molar-refractivity contribution in [2.24, 2.45) is 5.16 Å². The molecule has 2 aliphatic rings. The van der Waals surface area contributed by atoms with E-state index in [0.29, 0.717) is 0 Å². The maximum absolute atomic E-state index is 13.2. The van der Waals surface area contributed by atoms with Gasteiger partial charge in [-0.2, -0.15) is 0 Å². The number of carbonyl (C=O) groups is 5. The molecule has 38 heavy (non-hydrogen) atoms. The van der Waals surface area contributed by atoms with Gasteiger partial charge in [-0.25, -0.2) is 9.78 Å². The van der Waals surface area contributed by atoms with Crippen molar-refractivity contribution in [3.05, 3.63) is 34.2 Å². The van der Waals surface area contributed by atoms with Crippen LogP contribution in [0.3, 0.4) is 0 Å². The molecule has 0 aliphatic carbocycles. The number of ether oxygens (including phenoxy) is 3. The van der Waals surface area contributed by atoms with E-state index < -0.39 is 47.4 Å². The summed E-state index contributed by atoms with van der Waals surface area (Å²) >= 11 is 2.32. The molecule has 3 N–H and O–H groups in total. The Kier molecular flexibility index (Phi) is 9.11. The van der Waals surface area contributed by atoms with Crippen molar-refractivity contribution in [1.82, 2.24) is 15.2 Å². The molecule has 1 unspecified atom stereocenters. The third-order valence-electron chi connectivity index (χ3n) is 5.03. The fourth-order valence-electron chi connectivity index (χ4n) is 3.61. The number of β-lactam (4-membered cyclic amide) rings is 1. The summed E-state index contributed by atoms with van der Waals surface area (Å²) in [6, 6.07) is -1.04. The SMILES string of the molecule is C/C=C(\OC(C)=O)C1=C(C(=O)OC(C)OC(C)=O)N2C(=O)[C@@H](NC(=O)/C(=N\OC)c3csc(N)n3)[C@H]2SC1. The molecule has 0 aromatic carbocycles. The van der Waals surface area contributed by atoms with Crippen molar-refractivity contribution in [1.29, 1.82) is 0 Å². The largest absolute Gasteiger partial charge is 0.427 e. The number of aromatic nitrogens is 1. The number of hydrogen-bond donors (Lipinski definition) is 2. The van der Waals surface area contributed by atoms with E-state index in [2.05, 4.69) is 15.5 Å². The van der Waals surface area contributed by atoms with Crippen LogP contribution >= 0.6 is 23.1 Å². The molecule has 1 fully saturated rings. The highest BCUT2D eigenvalue weighted by molar-refractivity contribution is 8.00. The van der Waals surface area contributed by atoms with Crippen LogP contribution in [-0.4, -0.2) is 75.9 Å². The lowest BCUT2D eigenvalue weighted by Gasteiger charge is -2.49. The van der Waals surface area contributed by atoms with E-state index in [1.165, 1.54) is 44.2 Å². The van der Waals surface area contributed by atoms with E-state index in [1.54, 1.807) is 6.92 Å². The van der Waals surface area contributed by atoms with Gasteiger partial charge in [0.1, 0.15) is 35.7 Å².